The molecule has 0 saturated heterocycles. The molecule has 0 aliphatic carbocycles. The van der Waals surface area contributed by atoms with Crippen molar-refractivity contribution in [1.29, 1.82) is 0 Å². The Morgan fingerprint density at radius 2 is 0.897 bits per heavy atom. The molecule has 6 nitrogen and oxygen atoms in total. The van der Waals surface area contributed by atoms with E-state index in [0.717, 1.165) is 0 Å². The van der Waals surface area contributed by atoms with Crippen molar-refractivity contribution in [3.05, 3.63) is 0 Å². The van der Waals surface area contributed by atoms with E-state index in [4.69, 9.17) is 0 Å². The summed E-state index contributed by atoms with van der Waals surface area (Å²) in [4.78, 5) is 0. The zero-order valence-electron chi connectivity index (χ0n) is 12.6. The maximum Gasteiger partial charge on any atom is 0.483 e. The Hall–Kier alpha value is -1.26. The summed E-state index contributed by atoms with van der Waals surface area (Å²) in [6.07, 6.45) is -38.1. The topological polar surface area (TPSA) is 112 Å². The van der Waals surface area contributed by atoms with Crippen molar-refractivity contribution in [1.82, 2.24) is 6.15 Å². The quantitative estimate of drug-likeness (QED) is 0.419. The lowest BCUT2D eigenvalue weighted by Crippen LogP contribution is -2.66. The Morgan fingerprint density at radius 1 is 0.552 bits per heavy atom. The molecular formula is C7H4F15NO5S. The summed E-state index contributed by atoms with van der Waals surface area (Å²) in [5.41, 5.74) is 0. The molecule has 0 saturated carbocycles. The highest BCUT2D eigenvalue weighted by Crippen LogP contribution is 2.55. The molecule has 22 heteroatoms. The van der Waals surface area contributed by atoms with Crippen LogP contribution < -0.4 is 6.15 Å². The van der Waals surface area contributed by atoms with Crippen molar-refractivity contribution in [3.63, 3.8) is 0 Å². The minimum atomic E-state index is -7.95. The lowest BCUT2D eigenvalue weighted by Gasteiger charge is -2.39. The smallest absolute Gasteiger partial charge is 0.483 e. The summed E-state index contributed by atoms with van der Waals surface area (Å²) in [6, 6.07) is 0. The Morgan fingerprint density at radius 3 is 1.14 bits per heavy atom. The Kier molecular flexibility index (Phi) is 7.70. The van der Waals surface area contributed by atoms with E-state index in [1.807, 2.05) is 0 Å². The van der Waals surface area contributed by atoms with Gasteiger partial charge < -0.3 is 10.7 Å². The van der Waals surface area contributed by atoms with Crippen LogP contribution in [-0.4, -0.2) is 54.8 Å². The number of hydrogen-bond donors (Lipinski definition) is 1. The van der Waals surface area contributed by atoms with E-state index in [-0.39, 0.29) is 6.15 Å². The fourth-order valence-corrected chi connectivity index (χ4v) is 1.28. The molecule has 1 atom stereocenters. The summed E-state index contributed by atoms with van der Waals surface area (Å²) in [7, 11) is -7.79. The van der Waals surface area contributed by atoms with Crippen molar-refractivity contribution in [2.24, 2.45) is 0 Å². The van der Waals surface area contributed by atoms with Crippen LogP contribution in [0.5, 0.6) is 0 Å². The van der Waals surface area contributed by atoms with E-state index >= 15 is 0 Å². The van der Waals surface area contributed by atoms with Gasteiger partial charge in [0.2, 0.25) is 0 Å². The van der Waals surface area contributed by atoms with Crippen molar-refractivity contribution in [3.8, 4) is 0 Å². The van der Waals surface area contributed by atoms with Crippen molar-refractivity contribution >= 4 is 10.1 Å². The van der Waals surface area contributed by atoms with Gasteiger partial charge in [0.25, 0.3) is 0 Å². The largest absolute Gasteiger partial charge is 0.743 e. The molecular weight excluding hydrogens is 495 g/mol. The van der Waals surface area contributed by atoms with Gasteiger partial charge in [-0.05, 0) is 0 Å². The molecule has 178 valence electrons. The number of quaternary nitrogens is 1. The van der Waals surface area contributed by atoms with Crippen LogP contribution in [0.25, 0.3) is 0 Å². The zero-order valence-corrected chi connectivity index (χ0v) is 13.4. The van der Waals surface area contributed by atoms with Crippen LogP contribution in [0, 0.1) is 0 Å². The van der Waals surface area contributed by atoms with Gasteiger partial charge in [-0.1, -0.05) is 0 Å². The molecule has 0 aromatic heterocycles. The van der Waals surface area contributed by atoms with Crippen LogP contribution in [0.2, 0.25) is 0 Å². The zero-order chi connectivity index (χ0) is 23.4. The van der Waals surface area contributed by atoms with Gasteiger partial charge in [-0.15, -0.1) is 0 Å². The van der Waals surface area contributed by atoms with Gasteiger partial charge in [0.05, 0.1) is 0 Å². The van der Waals surface area contributed by atoms with Gasteiger partial charge >= 0.3 is 41.8 Å². The maximum absolute atomic E-state index is 13.4. The Balaban J connectivity index is 0. The molecule has 0 fully saturated rings. The molecule has 0 amide bonds. The highest BCUT2D eigenvalue weighted by atomic mass is 32.2. The van der Waals surface area contributed by atoms with E-state index in [9.17, 15) is 78.8 Å². The fourth-order valence-electron chi connectivity index (χ4n) is 0.948. The minimum Gasteiger partial charge on any atom is -0.743 e. The van der Waals surface area contributed by atoms with E-state index in [1.165, 1.54) is 9.47 Å². The average Bonchev–Trinajstić information content (AvgIpc) is 2.31. The SMILES string of the molecule is O=S(=O)([O-])C(F)(F)C(F)(F)OC(F)(C(F)(F)F)C(F)(F)OC(F)(F)C(F)(F)F.[NH4+]. The lowest BCUT2D eigenvalue weighted by molar-refractivity contribution is -0.551. The summed E-state index contributed by atoms with van der Waals surface area (Å²) in [6.45, 7) is 0. The molecule has 1 unspecified atom stereocenters. The molecule has 0 aromatic rings. The third-order valence-electron chi connectivity index (χ3n) is 2.25. The number of rotatable bonds is 7. The fraction of sp³-hybridized carbons (Fsp3) is 1.00. The van der Waals surface area contributed by atoms with Crippen LogP contribution in [-0.2, 0) is 19.6 Å². The lowest BCUT2D eigenvalue weighted by atomic mass is 10.2. The molecule has 0 aliphatic rings. The number of ether oxygens (including phenoxy) is 2. The van der Waals surface area contributed by atoms with Crippen molar-refractivity contribution in [2.75, 3.05) is 0 Å². The molecule has 0 spiro atoms. The van der Waals surface area contributed by atoms with E-state index in [1.54, 1.807) is 0 Å². The highest BCUT2D eigenvalue weighted by Gasteiger charge is 2.83. The first-order valence-corrected chi connectivity index (χ1v) is 6.76. The van der Waals surface area contributed by atoms with Crippen molar-refractivity contribution in [2.45, 2.75) is 41.8 Å². The van der Waals surface area contributed by atoms with E-state index < -0.39 is 51.9 Å². The number of hydrogen-bond acceptors (Lipinski definition) is 5. The normalized spacial score (nSPS) is 17.5. The van der Waals surface area contributed by atoms with Gasteiger partial charge in [-0.25, -0.2) is 13.2 Å². The summed E-state index contributed by atoms with van der Waals surface area (Å²) < 4.78 is 219. The molecule has 4 N–H and O–H groups in total. The first-order chi connectivity index (χ1) is 11.7. The van der Waals surface area contributed by atoms with Crippen LogP contribution in [0.4, 0.5) is 65.9 Å². The second kappa shape index (κ2) is 7.46. The second-order valence-corrected chi connectivity index (χ2v) is 5.74. The maximum atomic E-state index is 13.4. The average molecular weight is 499 g/mol. The van der Waals surface area contributed by atoms with Gasteiger partial charge in [0, 0.05) is 0 Å². The van der Waals surface area contributed by atoms with E-state index in [0.29, 0.717) is 0 Å². The third-order valence-corrected chi connectivity index (χ3v) is 3.11. The van der Waals surface area contributed by atoms with E-state index in [2.05, 4.69) is 0 Å². The molecule has 29 heavy (non-hydrogen) atoms. The minimum absolute atomic E-state index is 0. The van der Waals surface area contributed by atoms with Crippen LogP contribution in [0.15, 0.2) is 0 Å². The second-order valence-electron chi connectivity index (χ2n) is 4.32. The standard InChI is InChI=1S/C7HF15O5S.H3N/c8-1(2(9,10)11,4(15,16)27-5(17,18)3(12,13)14)26-6(19,20)7(21,22)28(23,24)25;/h(H,23,24,25);1H3. The molecule has 0 rings (SSSR count). The summed E-state index contributed by atoms with van der Waals surface area (Å²) in [5, 5.41) is -7.44. The van der Waals surface area contributed by atoms with Gasteiger partial charge in [0.15, 0.2) is 10.1 Å². The Labute approximate surface area is 147 Å². The van der Waals surface area contributed by atoms with Crippen LogP contribution in [0.1, 0.15) is 0 Å². The molecule has 0 aliphatic heterocycles. The van der Waals surface area contributed by atoms with Gasteiger partial charge in [-0.2, -0.15) is 65.9 Å². The number of alkyl halides is 15. The first-order valence-electron chi connectivity index (χ1n) is 5.36. The molecule has 0 heterocycles. The van der Waals surface area contributed by atoms with Crippen LogP contribution in [0.3, 0.4) is 0 Å². The monoisotopic (exact) mass is 499 g/mol. The summed E-state index contributed by atoms with van der Waals surface area (Å²) in [5.74, 6) is -7.95. The highest BCUT2D eigenvalue weighted by molar-refractivity contribution is 7.86. The predicted molar refractivity (Wildman–Crippen MR) is 53.6 cm³/mol. The number of halogens is 15. The van der Waals surface area contributed by atoms with Gasteiger partial charge in [-0.3, -0.25) is 4.74 Å². The Bertz CT molecular complexity index is 684. The van der Waals surface area contributed by atoms with Crippen molar-refractivity contribution < 1.29 is 88.3 Å². The molecule has 0 aromatic carbocycles. The third kappa shape index (κ3) is 5.27. The first kappa shape index (κ1) is 29.9. The van der Waals surface area contributed by atoms with Gasteiger partial charge in [0.1, 0.15) is 0 Å². The molecule has 0 bridgehead atoms. The predicted octanol–water partition coefficient (Wildman–Crippen LogP) is 4.10. The summed E-state index contributed by atoms with van der Waals surface area (Å²) >= 11 is 0. The van der Waals surface area contributed by atoms with Crippen LogP contribution >= 0.6 is 0 Å². The molecule has 0 radical (unpaired) electrons.